The summed E-state index contributed by atoms with van der Waals surface area (Å²) in [6, 6.07) is 3.51. The molecule has 1 aliphatic rings. The van der Waals surface area contributed by atoms with Crippen molar-refractivity contribution in [3.63, 3.8) is 0 Å². The van der Waals surface area contributed by atoms with Crippen molar-refractivity contribution in [1.82, 2.24) is 0 Å². The highest BCUT2D eigenvalue weighted by Gasteiger charge is 2.15. The first-order valence-electron chi connectivity index (χ1n) is 9.74. The van der Waals surface area contributed by atoms with Crippen molar-refractivity contribution < 1.29 is 23.8 Å². The van der Waals surface area contributed by atoms with Gasteiger partial charge in [-0.1, -0.05) is 26.2 Å². The number of ether oxygens (including phenoxy) is 3. The summed E-state index contributed by atoms with van der Waals surface area (Å²) < 4.78 is 15.2. The Labute approximate surface area is 162 Å². The molecule has 2 atom stereocenters. The minimum absolute atomic E-state index is 0.0383. The van der Waals surface area contributed by atoms with Crippen LogP contribution in [0.4, 0.5) is 0 Å². The molecule has 0 saturated carbocycles. The summed E-state index contributed by atoms with van der Waals surface area (Å²) in [5.74, 6) is -0.868. The van der Waals surface area contributed by atoms with E-state index in [2.05, 4.69) is 6.92 Å². The topological polar surface area (TPSA) is 109 Å². The molecule has 0 aliphatic carbocycles. The number of nitrogens with zero attached hydrogens (tertiary/aromatic N) is 2. The van der Waals surface area contributed by atoms with Crippen LogP contribution in [0.15, 0.2) is 0 Å². The van der Waals surface area contributed by atoms with Crippen LogP contribution < -0.4 is 0 Å². The maximum absolute atomic E-state index is 10.9. The number of unbranched alkanes of at least 4 members (excludes halogenated alkanes) is 3. The van der Waals surface area contributed by atoms with Crippen molar-refractivity contribution in [3.8, 4) is 12.1 Å². The van der Waals surface area contributed by atoms with Gasteiger partial charge in [0.15, 0.2) is 0 Å². The van der Waals surface area contributed by atoms with Crippen molar-refractivity contribution in [2.24, 2.45) is 0 Å². The van der Waals surface area contributed by atoms with Crippen LogP contribution in [0, 0.1) is 22.7 Å². The monoisotopic (exact) mass is 380 g/mol. The summed E-state index contributed by atoms with van der Waals surface area (Å²) in [5.41, 5.74) is 0. The molecule has 27 heavy (non-hydrogen) atoms. The lowest BCUT2D eigenvalue weighted by molar-refractivity contribution is -0.148. The van der Waals surface area contributed by atoms with Crippen molar-refractivity contribution in [1.29, 1.82) is 10.5 Å². The first-order chi connectivity index (χ1) is 13.0. The van der Waals surface area contributed by atoms with E-state index in [1.54, 1.807) is 12.1 Å². The number of esters is 2. The number of carbonyl (C=O) groups is 2. The van der Waals surface area contributed by atoms with Crippen LogP contribution >= 0.6 is 0 Å². The summed E-state index contributed by atoms with van der Waals surface area (Å²) in [5, 5.41) is 16.4. The Balaban J connectivity index is 0.000000501. The molecule has 1 aliphatic heterocycles. The van der Waals surface area contributed by atoms with Gasteiger partial charge in [0, 0.05) is 6.61 Å². The van der Waals surface area contributed by atoms with Gasteiger partial charge in [0.1, 0.15) is 19.4 Å². The number of nitriles is 2. The average Bonchev–Trinajstić information content (AvgIpc) is 2.65. The molecule has 7 nitrogen and oxygen atoms in total. The summed E-state index contributed by atoms with van der Waals surface area (Å²) in [6.45, 7) is 5.08. The molecule has 0 bridgehead atoms. The summed E-state index contributed by atoms with van der Waals surface area (Å²) >= 11 is 0. The van der Waals surface area contributed by atoms with Crippen LogP contribution in [0.5, 0.6) is 0 Å². The molecule has 0 aromatic heterocycles. The zero-order valence-corrected chi connectivity index (χ0v) is 16.6. The normalized spacial score (nSPS) is 16.7. The third-order valence-corrected chi connectivity index (χ3v) is 3.95. The van der Waals surface area contributed by atoms with Gasteiger partial charge in [-0.3, -0.25) is 9.59 Å². The molecule has 0 N–H and O–H groups in total. The molecule has 0 amide bonds. The summed E-state index contributed by atoms with van der Waals surface area (Å²) in [6.07, 6.45) is 8.46. The Bertz CT molecular complexity index is 490. The predicted molar refractivity (Wildman–Crippen MR) is 99.3 cm³/mol. The van der Waals surface area contributed by atoms with E-state index < -0.39 is 11.9 Å². The van der Waals surface area contributed by atoms with Gasteiger partial charge in [-0.15, -0.1) is 0 Å². The molecule has 0 aromatic carbocycles. The second-order valence-corrected chi connectivity index (χ2v) is 6.49. The van der Waals surface area contributed by atoms with Crippen LogP contribution in [-0.4, -0.2) is 37.4 Å². The molecular formula is C20H32N2O5. The summed E-state index contributed by atoms with van der Waals surface area (Å²) in [4.78, 5) is 21.7. The van der Waals surface area contributed by atoms with Crippen LogP contribution in [0.25, 0.3) is 0 Å². The van der Waals surface area contributed by atoms with Crippen LogP contribution in [0.2, 0.25) is 0 Å². The lowest BCUT2D eigenvalue weighted by atomic mass is 10.1. The minimum atomic E-state index is -0.461. The Hall–Kier alpha value is -2.12. The van der Waals surface area contributed by atoms with Crippen LogP contribution in [-0.2, 0) is 23.8 Å². The molecular weight excluding hydrogens is 348 g/mol. The number of hydrogen-bond donors (Lipinski definition) is 0. The van der Waals surface area contributed by atoms with E-state index >= 15 is 0 Å². The van der Waals surface area contributed by atoms with Crippen molar-refractivity contribution in [2.75, 3.05) is 13.2 Å². The zero-order chi connectivity index (χ0) is 20.3. The molecule has 1 rings (SSSR count). The standard InChI is InChI=1S/C11H19NO2.C9H13NO3/c1-3-4-5-6-7-10(2)14-11(13)8-9-12;10-5-4-9(11)13-7-8-3-1-2-6-12-8/h10H,3-8H2,1-2H3;8H,1-4,6-7H2. The minimum Gasteiger partial charge on any atom is -0.462 e. The van der Waals surface area contributed by atoms with Crippen LogP contribution in [0.1, 0.15) is 78.1 Å². The molecule has 0 radical (unpaired) electrons. The van der Waals surface area contributed by atoms with Gasteiger partial charge < -0.3 is 14.2 Å². The highest BCUT2D eigenvalue weighted by atomic mass is 16.6. The lowest BCUT2D eigenvalue weighted by Gasteiger charge is -2.21. The third-order valence-electron chi connectivity index (χ3n) is 3.95. The molecule has 7 heteroatoms. The van der Waals surface area contributed by atoms with Gasteiger partial charge in [0.05, 0.1) is 24.3 Å². The molecule has 2 unspecified atom stereocenters. The van der Waals surface area contributed by atoms with E-state index in [9.17, 15) is 9.59 Å². The second-order valence-electron chi connectivity index (χ2n) is 6.49. The van der Waals surface area contributed by atoms with Crippen LogP contribution in [0.3, 0.4) is 0 Å². The SMILES string of the molecule is CCCCCCC(C)OC(=O)CC#N.N#CCC(=O)OCC1CCCCO1. The van der Waals surface area contributed by atoms with E-state index in [0.29, 0.717) is 6.61 Å². The largest absolute Gasteiger partial charge is 0.462 e. The highest BCUT2D eigenvalue weighted by molar-refractivity contribution is 5.72. The first kappa shape index (κ1) is 24.9. The molecule has 1 heterocycles. The predicted octanol–water partition coefficient (Wildman–Crippen LogP) is 3.81. The smallest absolute Gasteiger partial charge is 0.320 e. The van der Waals surface area contributed by atoms with Gasteiger partial charge in [-0.25, -0.2) is 0 Å². The quantitative estimate of drug-likeness (QED) is 0.418. The maximum atomic E-state index is 10.9. The van der Waals surface area contributed by atoms with Gasteiger partial charge in [-0.05, 0) is 39.0 Å². The Kier molecular flexibility index (Phi) is 15.9. The van der Waals surface area contributed by atoms with Crippen molar-refractivity contribution >= 4 is 11.9 Å². The van der Waals surface area contributed by atoms with E-state index in [1.807, 2.05) is 6.92 Å². The van der Waals surface area contributed by atoms with Gasteiger partial charge in [-0.2, -0.15) is 10.5 Å². The fraction of sp³-hybridized carbons (Fsp3) is 0.800. The summed E-state index contributed by atoms with van der Waals surface area (Å²) in [7, 11) is 0. The molecule has 1 fully saturated rings. The number of rotatable bonds is 10. The Morgan fingerprint density at radius 2 is 1.81 bits per heavy atom. The van der Waals surface area contributed by atoms with E-state index in [-0.39, 0.29) is 25.0 Å². The molecule has 152 valence electrons. The first-order valence-corrected chi connectivity index (χ1v) is 9.74. The Morgan fingerprint density at radius 3 is 2.41 bits per heavy atom. The van der Waals surface area contributed by atoms with Gasteiger partial charge >= 0.3 is 11.9 Å². The van der Waals surface area contributed by atoms with Crippen molar-refractivity contribution in [3.05, 3.63) is 0 Å². The fourth-order valence-corrected chi connectivity index (χ4v) is 2.49. The van der Waals surface area contributed by atoms with Gasteiger partial charge in [0.25, 0.3) is 0 Å². The van der Waals surface area contributed by atoms with Gasteiger partial charge in [0.2, 0.25) is 0 Å². The second kappa shape index (κ2) is 17.3. The molecule has 0 aromatic rings. The number of hydrogen-bond acceptors (Lipinski definition) is 7. The van der Waals surface area contributed by atoms with E-state index in [4.69, 9.17) is 24.7 Å². The third kappa shape index (κ3) is 15.8. The zero-order valence-electron chi connectivity index (χ0n) is 16.6. The molecule has 0 spiro atoms. The lowest BCUT2D eigenvalue weighted by Crippen LogP contribution is -2.25. The molecule has 1 saturated heterocycles. The highest BCUT2D eigenvalue weighted by Crippen LogP contribution is 2.12. The average molecular weight is 380 g/mol. The maximum Gasteiger partial charge on any atom is 0.320 e. The van der Waals surface area contributed by atoms with E-state index in [0.717, 1.165) is 38.7 Å². The van der Waals surface area contributed by atoms with E-state index in [1.165, 1.54) is 19.3 Å². The Morgan fingerprint density at radius 1 is 1.11 bits per heavy atom. The van der Waals surface area contributed by atoms with Crippen molar-refractivity contribution in [2.45, 2.75) is 90.3 Å². The number of carbonyl (C=O) groups excluding carboxylic acids is 2. The fourth-order valence-electron chi connectivity index (χ4n) is 2.49.